The lowest BCUT2D eigenvalue weighted by Gasteiger charge is -2.36. The minimum atomic E-state index is -5.09. The molecule has 6 nitrogen and oxygen atoms in total. The van der Waals surface area contributed by atoms with Crippen LogP contribution >= 0.6 is 0 Å². The molecule has 1 amide bonds. The second-order valence-electron chi connectivity index (χ2n) is 9.64. The molecule has 1 saturated heterocycles. The van der Waals surface area contributed by atoms with Gasteiger partial charge in [0.25, 0.3) is 5.91 Å². The molecule has 0 radical (unpaired) electrons. The van der Waals surface area contributed by atoms with Crippen LogP contribution in [-0.4, -0.2) is 56.9 Å². The maximum Gasteiger partial charge on any atom is 0.426 e. The molecule has 10 heteroatoms. The number of carbonyl (C=O) groups is 1. The van der Waals surface area contributed by atoms with Crippen LogP contribution in [0, 0.1) is 6.92 Å². The fraction of sp³-hybridized carbons (Fsp3) is 0.440. The molecular formula is C25H26F4N4O2. The highest BCUT2D eigenvalue weighted by Gasteiger charge is 2.57. The van der Waals surface area contributed by atoms with E-state index in [1.807, 2.05) is 31.3 Å². The van der Waals surface area contributed by atoms with Crippen molar-refractivity contribution in [2.24, 2.45) is 0 Å². The molecule has 35 heavy (non-hydrogen) atoms. The molecule has 4 heterocycles. The Hall–Kier alpha value is -2.98. The summed E-state index contributed by atoms with van der Waals surface area (Å²) in [5.41, 5.74) is 2.44. The topological polar surface area (TPSA) is 81.2 Å². The number of aliphatic hydroxyl groups is 1. The van der Waals surface area contributed by atoms with Crippen LogP contribution in [0.4, 0.5) is 17.6 Å². The molecule has 1 aromatic carbocycles. The van der Waals surface area contributed by atoms with Crippen molar-refractivity contribution in [3.05, 3.63) is 52.8 Å². The third-order valence-corrected chi connectivity index (χ3v) is 7.16. The predicted molar refractivity (Wildman–Crippen MR) is 122 cm³/mol. The summed E-state index contributed by atoms with van der Waals surface area (Å²) in [5, 5.41) is 14.1. The summed E-state index contributed by atoms with van der Waals surface area (Å²) in [6.07, 6.45) is -1.94. The molecule has 3 aromatic rings. The number of rotatable bonds is 3. The van der Waals surface area contributed by atoms with Gasteiger partial charge in [0.2, 0.25) is 5.60 Å². The van der Waals surface area contributed by atoms with Crippen LogP contribution in [-0.2, 0) is 17.8 Å². The summed E-state index contributed by atoms with van der Waals surface area (Å²) in [7, 11) is 0. The normalized spacial score (nSPS) is 22.3. The molecule has 2 aliphatic rings. The van der Waals surface area contributed by atoms with Crippen molar-refractivity contribution in [3.8, 4) is 11.1 Å². The maximum atomic E-state index is 14.1. The van der Waals surface area contributed by atoms with Crippen molar-refractivity contribution in [1.82, 2.24) is 20.2 Å². The number of pyridine rings is 1. The molecule has 2 aromatic heterocycles. The molecule has 3 N–H and O–H groups in total. The molecule has 5 rings (SSSR count). The van der Waals surface area contributed by atoms with Gasteiger partial charge < -0.3 is 20.3 Å². The van der Waals surface area contributed by atoms with E-state index in [0.29, 0.717) is 18.9 Å². The van der Waals surface area contributed by atoms with Gasteiger partial charge in [-0.3, -0.25) is 4.79 Å². The maximum absolute atomic E-state index is 14.1. The van der Waals surface area contributed by atoms with Gasteiger partial charge in [0, 0.05) is 49.0 Å². The number of hydrogen-bond donors (Lipinski definition) is 3. The van der Waals surface area contributed by atoms with Gasteiger partial charge in [0.15, 0.2) is 0 Å². The van der Waals surface area contributed by atoms with Crippen LogP contribution in [0.1, 0.15) is 41.6 Å². The van der Waals surface area contributed by atoms with Gasteiger partial charge in [-0.2, -0.15) is 13.2 Å². The smallest absolute Gasteiger partial charge is 0.373 e. The van der Waals surface area contributed by atoms with Gasteiger partial charge in [-0.25, -0.2) is 9.37 Å². The van der Waals surface area contributed by atoms with Crippen LogP contribution in [0.25, 0.3) is 22.2 Å². The Morgan fingerprint density at radius 3 is 2.69 bits per heavy atom. The molecule has 0 aliphatic carbocycles. The van der Waals surface area contributed by atoms with Crippen LogP contribution in [0.3, 0.4) is 0 Å². The highest BCUT2D eigenvalue weighted by atomic mass is 19.4. The van der Waals surface area contributed by atoms with Crippen molar-refractivity contribution in [1.29, 1.82) is 0 Å². The summed E-state index contributed by atoms with van der Waals surface area (Å²) >= 11 is 0. The Balaban J connectivity index is 1.56. The predicted octanol–water partition coefficient (Wildman–Crippen LogP) is 4.11. The number of benzene rings is 1. The third-order valence-electron chi connectivity index (χ3n) is 7.16. The number of aromatic nitrogens is 2. The Labute approximate surface area is 199 Å². The quantitative estimate of drug-likeness (QED) is 0.483. The molecule has 1 fully saturated rings. The zero-order chi connectivity index (χ0) is 25.1. The first-order valence-corrected chi connectivity index (χ1v) is 11.5. The van der Waals surface area contributed by atoms with E-state index in [4.69, 9.17) is 0 Å². The molecule has 0 saturated carbocycles. The average molecular weight is 491 g/mol. The fourth-order valence-corrected chi connectivity index (χ4v) is 5.00. The second-order valence-corrected chi connectivity index (χ2v) is 9.64. The Bertz CT molecular complexity index is 1300. The lowest BCUT2D eigenvalue weighted by atomic mass is 9.86. The molecular weight excluding hydrogens is 464 g/mol. The largest absolute Gasteiger partial charge is 0.426 e. The number of nitrogens with zero attached hydrogens (tertiary/aromatic N) is 2. The van der Waals surface area contributed by atoms with E-state index in [-0.39, 0.29) is 32.1 Å². The number of alkyl halides is 4. The van der Waals surface area contributed by atoms with Crippen LogP contribution in [0.2, 0.25) is 0 Å². The number of fused-ring (bicyclic) bond motifs is 2. The number of aryl methyl sites for hydroxylation is 1. The highest BCUT2D eigenvalue weighted by molar-refractivity contribution is 5.86. The molecule has 3 atom stereocenters. The van der Waals surface area contributed by atoms with E-state index in [9.17, 15) is 27.5 Å². The van der Waals surface area contributed by atoms with Gasteiger partial charge in [-0.1, -0.05) is 6.07 Å². The number of halogens is 4. The van der Waals surface area contributed by atoms with Gasteiger partial charge in [0.05, 0.1) is 0 Å². The Kier molecular flexibility index (Phi) is 5.63. The zero-order valence-corrected chi connectivity index (χ0v) is 19.3. The second kappa shape index (κ2) is 8.30. The number of aromatic amines is 1. The summed E-state index contributed by atoms with van der Waals surface area (Å²) in [5.74, 6) is -1.38. The Morgan fingerprint density at radius 2 is 2.00 bits per heavy atom. The number of hydrogen-bond acceptors (Lipinski definition) is 4. The SMILES string of the molecule is Cc1c[nH]c2ncc(-c3cc4c(c([C@@H]5C[C@H](F)CN5)c3)CN(C(=O)[C@](C)(O)C(F)(F)F)CC4)cc12. The first-order chi connectivity index (χ1) is 16.5. The first kappa shape index (κ1) is 23.7. The summed E-state index contributed by atoms with van der Waals surface area (Å²) in [6, 6.07) is 5.58. The standard InChI is InChI=1S/C25H26F4N4O2/c1-13-9-31-22-18(13)7-16(10-32-22)15-5-14-3-4-33(23(34)24(2,35)25(27,28)29)12-20(14)19(6-15)21-8-17(26)11-30-21/h5-7,9-10,17,21,30,35H,3-4,8,11-12H2,1-2H3,(H,31,32)/t17-,21-,24-/m0/s1. The molecule has 0 spiro atoms. The van der Waals surface area contributed by atoms with E-state index in [0.717, 1.165) is 43.8 Å². The zero-order valence-electron chi connectivity index (χ0n) is 19.3. The van der Waals surface area contributed by atoms with Gasteiger partial charge >= 0.3 is 6.18 Å². The van der Waals surface area contributed by atoms with Crippen molar-refractivity contribution in [2.45, 2.75) is 57.2 Å². The van der Waals surface area contributed by atoms with Crippen molar-refractivity contribution in [2.75, 3.05) is 13.1 Å². The monoisotopic (exact) mass is 490 g/mol. The van der Waals surface area contributed by atoms with Crippen LogP contribution in [0.5, 0.6) is 0 Å². The molecule has 186 valence electrons. The van der Waals surface area contributed by atoms with Gasteiger partial charge in [-0.15, -0.1) is 0 Å². The molecule has 0 unspecified atom stereocenters. The van der Waals surface area contributed by atoms with E-state index < -0.39 is 23.9 Å². The van der Waals surface area contributed by atoms with Crippen LogP contribution in [0.15, 0.2) is 30.6 Å². The molecule has 2 aliphatic heterocycles. The van der Waals surface area contributed by atoms with Crippen molar-refractivity contribution < 1.29 is 27.5 Å². The van der Waals surface area contributed by atoms with E-state index in [2.05, 4.69) is 15.3 Å². The highest BCUT2D eigenvalue weighted by Crippen LogP contribution is 2.38. The minimum Gasteiger partial charge on any atom is -0.373 e. The van der Waals surface area contributed by atoms with E-state index in [1.54, 1.807) is 6.20 Å². The lowest BCUT2D eigenvalue weighted by molar-refractivity contribution is -0.250. The van der Waals surface area contributed by atoms with E-state index >= 15 is 0 Å². The summed E-state index contributed by atoms with van der Waals surface area (Å²) < 4.78 is 54.0. The van der Waals surface area contributed by atoms with Gasteiger partial charge in [-0.05, 0) is 66.6 Å². The minimum absolute atomic E-state index is 0.0407. The summed E-state index contributed by atoms with van der Waals surface area (Å²) in [6.45, 7) is 2.60. The van der Waals surface area contributed by atoms with Gasteiger partial charge in [0.1, 0.15) is 11.8 Å². The van der Waals surface area contributed by atoms with Crippen molar-refractivity contribution in [3.63, 3.8) is 0 Å². The number of amides is 1. The summed E-state index contributed by atoms with van der Waals surface area (Å²) in [4.78, 5) is 21.3. The fourth-order valence-electron chi connectivity index (χ4n) is 5.00. The lowest BCUT2D eigenvalue weighted by Crippen LogP contribution is -2.56. The molecule has 0 bridgehead atoms. The van der Waals surface area contributed by atoms with Crippen molar-refractivity contribution >= 4 is 16.9 Å². The van der Waals surface area contributed by atoms with Crippen LogP contribution < -0.4 is 5.32 Å². The van der Waals surface area contributed by atoms with E-state index in [1.165, 1.54) is 0 Å². The first-order valence-electron chi connectivity index (χ1n) is 11.5. The number of nitrogens with one attached hydrogen (secondary N) is 2. The number of carbonyl (C=O) groups excluding carboxylic acids is 1. The third kappa shape index (κ3) is 4.08. The Morgan fingerprint density at radius 1 is 1.23 bits per heavy atom. The number of H-pyrrole nitrogens is 1. The average Bonchev–Trinajstić information content (AvgIpc) is 3.42.